The quantitative estimate of drug-likeness (QED) is 0.535. The van der Waals surface area contributed by atoms with Gasteiger partial charge >= 0.3 is 0 Å². The zero-order chi connectivity index (χ0) is 24.7. The zero-order valence-corrected chi connectivity index (χ0v) is 21.5. The Labute approximate surface area is 207 Å². The van der Waals surface area contributed by atoms with Crippen molar-refractivity contribution in [2.45, 2.75) is 34.1 Å². The number of hydrazone groups is 1. The number of carbonyl (C=O) groups excluding carboxylic acids is 1. The summed E-state index contributed by atoms with van der Waals surface area (Å²) in [7, 11) is 3.14. The monoisotopic (exact) mass is 499 g/mol. The van der Waals surface area contributed by atoms with Crippen molar-refractivity contribution in [3.63, 3.8) is 0 Å². The summed E-state index contributed by atoms with van der Waals surface area (Å²) in [6, 6.07) is 5.47. The van der Waals surface area contributed by atoms with E-state index in [0.29, 0.717) is 27.6 Å². The van der Waals surface area contributed by atoms with Crippen molar-refractivity contribution in [1.29, 1.82) is 5.41 Å². The largest absolute Gasteiger partial charge is 0.495 e. The number of benzene rings is 1. The highest BCUT2D eigenvalue weighted by Crippen LogP contribution is 2.37. The number of amidine groups is 2. The maximum absolute atomic E-state index is 12.8. The molecule has 1 aromatic carbocycles. The Morgan fingerprint density at radius 1 is 1.18 bits per heavy atom. The molecule has 178 valence electrons. The van der Waals surface area contributed by atoms with Crippen LogP contribution in [0.25, 0.3) is 11.8 Å². The molecule has 10 heteroatoms. The number of halogens is 1. The van der Waals surface area contributed by atoms with Crippen LogP contribution < -0.4 is 9.47 Å². The maximum Gasteiger partial charge on any atom is 0.283 e. The number of ether oxygens (including phenoxy) is 2. The first kappa shape index (κ1) is 24.1. The highest BCUT2D eigenvalue weighted by molar-refractivity contribution is 8.26. The second-order valence-corrected chi connectivity index (χ2v) is 9.88. The van der Waals surface area contributed by atoms with Gasteiger partial charge in [0.25, 0.3) is 5.91 Å². The lowest BCUT2D eigenvalue weighted by molar-refractivity contribution is -0.114. The van der Waals surface area contributed by atoms with E-state index in [1.165, 1.54) is 16.8 Å². The van der Waals surface area contributed by atoms with Gasteiger partial charge in [-0.15, -0.1) is 0 Å². The SMILES string of the molecule is COc1cc(OC)c(-n2c(C)cc(/C=C3\C(=N)N4N=C(CC(C)C)SC4=NC3=O)c2C)cc1Cl. The van der Waals surface area contributed by atoms with Crippen molar-refractivity contribution in [2.24, 2.45) is 16.0 Å². The number of nitrogens with zero attached hydrogens (tertiary/aromatic N) is 4. The first-order valence-electron chi connectivity index (χ1n) is 10.7. The molecule has 34 heavy (non-hydrogen) atoms. The predicted molar refractivity (Wildman–Crippen MR) is 138 cm³/mol. The molecule has 2 aliphatic rings. The molecule has 4 rings (SSSR count). The third kappa shape index (κ3) is 4.25. The molecule has 2 aliphatic heterocycles. The summed E-state index contributed by atoms with van der Waals surface area (Å²) in [5, 5.41) is 16.3. The smallest absolute Gasteiger partial charge is 0.283 e. The molecule has 0 saturated carbocycles. The third-order valence-corrected chi connectivity index (χ3v) is 6.77. The summed E-state index contributed by atoms with van der Waals surface area (Å²) in [6.07, 6.45) is 2.47. The zero-order valence-electron chi connectivity index (χ0n) is 19.9. The normalized spacial score (nSPS) is 16.8. The van der Waals surface area contributed by atoms with Crippen LogP contribution in [0.3, 0.4) is 0 Å². The van der Waals surface area contributed by atoms with Crippen LogP contribution in [0.4, 0.5) is 0 Å². The number of rotatable bonds is 6. The molecular formula is C24H26ClN5O3S. The van der Waals surface area contributed by atoms with Gasteiger partial charge in [-0.25, -0.2) is 0 Å². The Balaban J connectivity index is 1.75. The Hall–Kier alpha value is -3.04. The van der Waals surface area contributed by atoms with Crippen molar-refractivity contribution < 1.29 is 14.3 Å². The fourth-order valence-corrected chi connectivity index (χ4v) is 5.27. The number of aliphatic imine (C=N–C) groups is 1. The summed E-state index contributed by atoms with van der Waals surface area (Å²) in [5.41, 5.74) is 3.50. The lowest BCUT2D eigenvalue weighted by atomic mass is 10.1. The number of thioether (sulfide) groups is 1. The van der Waals surface area contributed by atoms with Gasteiger partial charge in [-0.3, -0.25) is 10.2 Å². The molecule has 0 unspecified atom stereocenters. The van der Waals surface area contributed by atoms with Crippen LogP contribution in [-0.4, -0.2) is 45.7 Å². The summed E-state index contributed by atoms with van der Waals surface area (Å²) in [4.78, 5) is 17.0. The molecule has 1 aromatic heterocycles. The summed E-state index contributed by atoms with van der Waals surface area (Å²) in [5.74, 6) is 1.11. The van der Waals surface area contributed by atoms with Crippen LogP contribution >= 0.6 is 23.4 Å². The average Bonchev–Trinajstić information content (AvgIpc) is 3.29. The predicted octanol–water partition coefficient (Wildman–Crippen LogP) is 5.43. The molecule has 3 heterocycles. The second-order valence-electron chi connectivity index (χ2n) is 8.43. The van der Waals surface area contributed by atoms with E-state index >= 15 is 0 Å². The molecule has 0 fully saturated rings. The van der Waals surface area contributed by atoms with E-state index in [1.54, 1.807) is 32.4 Å². The number of carbonyl (C=O) groups is 1. The van der Waals surface area contributed by atoms with Gasteiger partial charge in [-0.1, -0.05) is 25.4 Å². The minimum atomic E-state index is -0.445. The van der Waals surface area contributed by atoms with Crippen molar-refractivity contribution in [3.05, 3.63) is 45.7 Å². The van der Waals surface area contributed by atoms with E-state index in [4.69, 9.17) is 26.5 Å². The van der Waals surface area contributed by atoms with Gasteiger partial charge in [0.05, 0.1) is 30.5 Å². The van der Waals surface area contributed by atoms with Crippen LogP contribution in [0.2, 0.25) is 5.02 Å². The Kier molecular flexibility index (Phi) is 6.60. The first-order chi connectivity index (χ1) is 16.1. The Morgan fingerprint density at radius 3 is 2.53 bits per heavy atom. The lowest BCUT2D eigenvalue weighted by Crippen LogP contribution is -2.35. The molecule has 0 saturated heterocycles. The molecule has 0 atom stereocenters. The van der Waals surface area contributed by atoms with Gasteiger partial charge in [0.1, 0.15) is 16.5 Å². The van der Waals surface area contributed by atoms with Gasteiger partial charge in [-0.2, -0.15) is 15.1 Å². The van der Waals surface area contributed by atoms with E-state index in [2.05, 4.69) is 23.9 Å². The van der Waals surface area contributed by atoms with Crippen LogP contribution in [0.5, 0.6) is 11.5 Å². The van der Waals surface area contributed by atoms with Gasteiger partial charge in [-0.05, 0) is 55.3 Å². The summed E-state index contributed by atoms with van der Waals surface area (Å²) >= 11 is 7.75. The van der Waals surface area contributed by atoms with Crippen LogP contribution in [0.1, 0.15) is 37.2 Å². The van der Waals surface area contributed by atoms with E-state index in [1.807, 2.05) is 24.5 Å². The highest BCUT2D eigenvalue weighted by atomic mass is 35.5. The van der Waals surface area contributed by atoms with Crippen LogP contribution in [0.15, 0.2) is 33.9 Å². The molecule has 0 radical (unpaired) electrons. The number of hydrogen-bond acceptors (Lipinski definition) is 6. The van der Waals surface area contributed by atoms with Crippen LogP contribution in [0, 0.1) is 25.2 Å². The van der Waals surface area contributed by atoms with E-state index in [-0.39, 0.29) is 11.4 Å². The molecule has 1 amide bonds. The topological polar surface area (TPSA) is 92.3 Å². The van der Waals surface area contributed by atoms with Gasteiger partial charge in [0, 0.05) is 23.9 Å². The molecule has 2 aromatic rings. The van der Waals surface area contributed by atoms with Crippen molar-refractivity contribution in [2.75, 3.05) is 14.2 Å². The molecule has 0 spiro atoms. The van der Waals surface area contributed by atoms with E-state index < -0.39 is 5.91 Å². The standard InChI is InChI=1S/C24H26ClN5O3S/c1-12(2)7-21-28-30-22(26)16(23(31)27-24(30)34-21)9-15-8-13(3)29(14(15)4)18-10-17(25)19(32-5)11-20(18)33-6/h8-12,26H,7H2,1-6H3/b16-9+,26-22?. The fraction of sp³-hybridized carbons (Fsp3) is 0.333. The lowest BCUT2D eigenvalue weighted by Gasteiger charge is -2.20. The minimum Gasteiger partial charge on any atom is -0.495 e. The van der Waals surface area contributed by atoms with Crippen LogP contribution in [-0.2, 0) is 4.79 Å². The summed E-state index contributed by atoms with van der Waals surface area (Å²) in [6.45, 7) is 8.10. The molecule has 8 nitrogen and oxygen atoms in total. The van der Waals surface area contributed by atoms with Gasteiger partial charge < -0.3 is 14.0 Å². The van der Waals surface area contributed by atoms with Crippen molar-refractivity contribution >= 4 is 51.4 Å². The highest BCUT2D eigenvalue weighted by Gasteiger charge is 2.35. The number of aryl methyl sites for hydroxylation is 1. The summed E-state index contributed by atoms with van der Waals surface area (Å²) < 4.78 is 12.9. The van der Waals surface area contributed by atoms with E-state index in [0.717, 1.165) is 34.1 Å². The number of nitrogens with one attached hydrogen (secondary N) is 1. The number of fused-ring (bicyclic) bond motifs is 1. The second kappa shape index (κ2) is 9.31. The number of amides is 1. The van der Waals surface area contributed by atoms with Crippen molar-refractivity contribution in [3.8, 4) is 17.2 Å². The third-order valence-electron chi connectivity index (χ3n) is 5.54. The van der Waals surface area contributed by atoms with Gasteiger partial charge in [0.15, 0.2) is 5.84 Å². The van der Waals surface area contributed by atoms with Crippen molar-refractivity contribution in [1.82, 2.24) is 9.58 Å². The molecule has 1 N–H and O–H groups in total. The number of hydrogen-bond donors (Lipinski definition) is 1. The minimum absolute atomic E-state index is 0.0242. The number of methoxy groups -OCH3 is 2. The maximum atomic E-state index is 12.8. The Morgan fingerprint density at radius 2 is 1.88 bits per heavy atom. The van der Waals surface area contributed by atoms with Gasteiger partial charge in [0.2, 0.25) is 5.17 Å². The first-order valence-corrected chi connectivity index (χ1v) is 11.9. The average molecular weight is 500 g/mol. The number of aromatic nitrogens is 1. The molecule has 0 bridgehead atoms. The Bertz CT molecular complexity index is 1290. The fourth-order valence-electron chi connectivity index (χ4n) is 3.94. The molecule has 0 aliphatic carbocycles. The van der Waals surface area contributed by atoms with E-state index in [9.17, 15) is 4.79 Å². The molecular weight excluding hydrogens is 474 g/mol.